The van der Waals surface area contributed by atoms with E-state index in [0.717, 1.165) is 44.6 Å². The molecule has 0 bridgehead atoms. The predicted octanol–water partition coefficient (Wildman–Crippen LogP) is 2.18. The number of thiol groups is 1. The Hall–Kier alpha value is 0.270. The minimum Gasteiger partial charge on any atom is -0.390 e. The molecule has 0 amide bonds. The number of hydrogen-bond acceptors (Lipinski definition) is 3. The van der Waals surface area contributed by atoms with Crippen LogP contribution in [-0.4, -0.2) is 41.0 Å². The fraction of sp³-hybridized carbons (Fsp3) is 1.00. The lowest BCUT2D eigenvalue weighted by Crippen LogP contribution is -2.32. The highest BCUT2D eigenvalue weighted by atomic mass is 32.1. The Morgan fingerprint density at radius 1 is 1.40 bits per heavy atom. The van der Waals surface area contributed by atoms with Crippen molar-refractivity contribution in [1.29, 1.82) is 0 Å². The van der Waals surface area contributed by atoms with Crippen molar-refractivity contribution in [2.45, 2.75) is 45.1 Å². The van der Waals surface area contributed by atoms with Crippen molar-refractivity contribution in [2.24, 2.45) is 5.92 Å². The van der Waals surface area contributed by atoms with Crippen LogP contribution in [0.1, 0.15) is 39.5 Å². The van der Waals surface area contributed by atoms with Crippen molar-refractivity contribution in [3.63, 3.8) is 0 Å². The van der Waals surface area contributed by atoms with Gasteiger partial charge in [-0.25, -0.2) is 0 Å². The summed E-state index contributed by atoms with van der Waals surface area (Å²) in [5.41, 5.74) is -0.433. The fourth-order valence-corrected chi connectivity index (χ4v) is 2.56. The minimum atomic E-state index is -0.433. The molecule has 2 nitrogen and oxygen atoms in total. The third kappa shape index (κ3) is 4.75. The normalized spacial score (nSPS) is 31.2. The average Bonchev–Trinajstić information content (AvgIpc) is 2.36. The number of likely N-dealkylation sites (tertiary alicyclic amines) is 1. The van der Waals surface area contributed by atoms with E-state index < -0.39 is 5.60 Å². The lowest BCUT2D eigenvalue weighted by atomic mass is 9.98. The van der Waals surface area contributed by atoms with E-state index in [2.05, 4.69) is 24.5 Å². The van der Waals surface area contributed by atoms with Crippen LogP contribution in [0, 0.1) is 5.92 Å². The first-order valence-corrected chi connectivity index (χ1v) is 6.76. The summed E-state index contributed by atoms with van der Waals surface area (Å²) in [7, 11) is 0. The quantitative estimate of drug-likeness (QED) is 0.725. The summed E-state index contributed by atoms with van der Waals surface area (Å²) in [5, 5.41) is 9.98. The van der Waals surface area contributed by atoms with E-state index in [9.17, 15) is 5.11 Å². The Morgan fingerprint density at radius 3 is 2.73 bits per heavy atom. The molecule has 1 saturated heterocycles. The summed E-state index contributed by atoms with van der Waals surface area (Å²) in [5.74, 6) is 1.68. The van der Waals surface area contributed by atoms with Gasteiger partial charge in [-0.3, -0.25) is 0 Å². The van der Waals surface area contributed by atoms with Gasteiger partial charge in [-0.2, -0.15) is 12.6 Å². The van der Waals surface area contributed by atoms with Crippen molar-refractivity contribution in [3.05, 3.63) is 0 Å². The second-order valence-corrected chi connectivity index (χ2v) is 5.47. The number of rotatable bonds is 4. The van der Waals surface area contributed by atoms with Crippen molar-refractivity contribution in [1.82, 2.24) is 4.90 Å². The Morgan fingerprint density at radius 2 is 2.13 bits per heavy atom. The van der Waals surface area contributed by atoms with Crippen LogP contribution >= 0.6 is 12.6 Å². The Bertz CT molecular complexity index is 180. The number of nitrogens with zero attached hydrogens (tertiary/aromatic N) is 1. The monoisotopic (exact) mass is 231 g/mol. The maximum Gasteiger partial charge on any atom is 0.0632 e. The molecule has 1 aliphatic heterocycles. The van der Waals surface area contributed by atoms with Crippen LogP contribution in [0.3, 0.4) is 0 Å². The van der Waals surface area contributed by atoms with Crippen molar-refractivity contribution in [3.8, 4) is 0 Å². The van der Waals surface area contributed by atoms with Gasteiger partial charge < -0.3 is 10.0 Å². The molecule has 15 heavy (non-hydrogen) atoms. The molecule has 1 heterocycles. The fourth-order valence-electron chi connectivity index (χ4n) is 2.18. The van der Waals surface area contributed by atoms with Crippen LogP contribution in [0.25, 0.3) is 0 Å². The van der Waals surface area contributed by atoms with E-state index >= 15 is 0 Å². The highest BCUT2D eigenvalue weighted by Crippen LogP contribution is 2.22. The largest absolute Gasteiger partial charge is 0.390 e. The van der Waals surface area contributed by atoms with E-state index in [1.807, 2.05) is 6.92 Å². The molecule has 1 rings (SSSR count). The minimum absolute atomic E-state index is 0.433. The molecule has 1 N–H and O–H groups in total. The SMILES string of the molecule is CCC(CS)CN1CCCC(C)(O)CC1. The van der Waals surface area contributed by atoms with Gasteiger partial charge in [0.2, 0.25) is 0 Å². The Kier molecular flexibility index (Phi) is 5.44. The van der Waals surface area contributed by atoms with E-state index in [1.54, 1.807) is 0 Å². The molecule has 1 aliphatic rings. The molecule has 0 aromatic carbocycles. The summed E-state index contributed by atoms with van der Waals surface area (Å²) in [4.78, 5) is 2.49. The van der Waals surface area contributed by atoms with Gasteiger partial charge in [0.15, 0.2) is 0 Å². The van der Waals surface area contributed by atoms with Gasteiger partial charge in [0.25, 0.3) is 0 Å². The molecule has 90 valence electrons. The van der Waals surface area contributed by atoms with Crippen molar-refractivity contribution < 1.29 is 5.11 Å². The maximum absolute atomic E-state index is 9.98. The van der Waals surface area contributed by atoms with E-state index in [0.29, 0.717) is 5.92 Å². The number of aliphatic hydroxyl groups is 1. The predicted molar refractivity (Wildman–Crippen MR) is 68.5 cm³/mol. The summed E-state index contributed by atoms with van der Waals surface area (Å²) in [6, 6.07) is 0. The zero-order chi connectivity index (χ0) is 11.3. The topological polar surface area (TPSA) is 23.5 Å². The molecular weight excluding hydrogens is 206 g/mol. The standard InChI is InChI=1S/C12H25NOS/c1-3-11(10-15)9-13-7-4-5-12(2,14)6-8-13/h11,14-15H,3-10H2,1-2H3. The van der Waals surface area contributed by atoms with Crippen LogP contribution in [0.4, 0.5) is 0 Å². The smallest absolute Gasteiger partial charge is 0.0632 e. The second kappa shape index (κ2) is 6.12. The zero-order valence-corrected chi connectivity index (χ0v) is 11.0. The van der Waals surface area contributed by atoms with Crippen LogP contribution in [0.2, 0.25) is 0 Å². The molecule has 0 spiro atoms. The second-order valence-electron chi connectivity index (χ2n) is 5.11. The maximum atomic E-state index is 9.98. The molecule has 1 fully saturated rings. The van der Waals surface area contributed by atoms with E-state index in [1.165, 1.54) is 6.42 Å². The van der Waals surface area contributed by atoms with Gasteiger partial charge in [-0.15, -0.1) is 0 Å². The van der Waals surface area contributed by atoms with Gasteiger partial charge in [0.05, 0.1) is 5.60 Å². The third-order valence-electron chi connectivity index (χ3n) is 3.51. The summed E-state index contributed by atoms with van der Waals surface area (Å²) >= 11 is 4.38. The Labute approximate surface area is 99.5 Å². The van der Waals surface area contributed by atoms with E-state index in [4.69, 9.17) is 0 Å². The molecule has 0 radical (unpaired) electrons. The molecule has 2 unspecified atom stereocenters. The summed E-state index contributed by atoms with van der Waals surface area (Å²) < 4.78 is 0. The van der Waals surface area contributed by atoms with Crippen molar-refractivity contribution in [2.75, 3.05) is 25.4 Å². The van der Waals surface area contributed by atoms with Crippen LogP contribution in [-0.2, 0) is 0 Å². The van der Waals surface area contributed by atoms with E-state index in [-0.39, 0.29) is 0 Å². The molecule has 2 atom stereocenters. The molecule has 3 heteroatoms. The first-order valence-electron chi connectivity index (χ1n) is 6.13. The molecule has 0 aromatic rings. The van der Waals surface area contributed by atoms with Crippen LogP contribution in [0.15, 0.2) is 0 Å². The lowest BCUT2D eigenvalue weighted by Gasteiger charge is -2.25. The zero-order valence-electron chi connectivity index (χ0n) is 10.1. The lowest BCUT2D eigenvalue weighted by molar-refractivity contribution is 0.0442. The van der Waals surface area contributed by atoms with Gasteiger partial charge in [-0.1, -0.05) is 13.3 Å². The first kappa shape index (κ1) is 13.3. The molecule has 0 aliphatic carbocycles. The highest BCUT2D eigenvalue weighted by Gasteiger charge is 2.25. The number of hydrogen-bond donors (Lipinski definition) is 2. The molecule has 0 saturated carbocycles. The van der Waals surface area contributed by atoms with Crippen molar-refractivity contribution >= 4 is 12.6 Å². The van der Waals surface area contributed by atoms with Gasteiger partial charge in [0.1, 0.15) is 0 Å². The molecule has 0 aromatic heterocycles. The van der Waals surface area contributed by atoms with Gasteiger partial charge in [0, 0.05) is 13.1 Å². The summed E-state index contributed by atoms with van der Waals surface area (Å²) in [6.45, 7) is 7.52. The average molecular weight is 231 g/mol. The van der Waals surface area contributed by atoms with Crippen LogP contribution in [0.5, 0.6) is 0 Å². The Balaban J connectivity index is 2.37. The van der Waals surface area contributed by atoms with Gasteiger partial charge >= 0.3 is 0 Å². The summed E-state index contributed by atoms with van der Waals surface area (Å²) in [6.07, 6.45) is 4.18. The highest BCUT2D eigenvalue weighted by molar-refractivity contribution is 7.80. The first-order chi connectivity index (χ1) is 7.07. The van der Waals surface area contributed by atoms with Crippen LogP contribution < -0.4 is 0 Å². The van der Waals surface area contributed by atoms with Gasteiger partial charge in [-0.05, 0) is 44.4 Å². The molecular formula is C12H25NOS. The third-order valence-corrected chi connectivity index (χ3v) is 4.02.